The molecule has 0 aliphatic heterocycles. The molecule has 7 heteroatoms. The number of nitrogens with two attached hydrogens (primary N) is 2. The van der Waals surface area contributed by atoms with Gasteiger partial charge in [0.2, 0.25) is 0 Å². The maximum absolute atomic E-state index is 10.9. The van der Waals surface area contributed by atoms with Crippen LogP contribution in [0.4, 0.5) is 0 Å². The van der Waals surface area contributed by atoms with Crippen LogP contribution in [0.3, 0.4) is 0 Å². The van der Waals surface area contributed by atoms with E-state index >= 15 is 0 Å². The van der Waals surface area contributed by atoms with Crippen LogP contribution in [0.15, 0.2) is 0 Å². The Morgan fingerprint density at radius 1 is 1.29 bits per heavy atom. The molecular formula is C7H16N4O2S. The Balaban J connectivity index is 2.87. The van der Waals surface area contributed by atoms with E-state index < -0.39 is 15.7 Å². The molecule has 0 spiro atoms. The van der Waals surface area contributed by atoms with Gasteiger partial charge in [0.25, 0.3) is 10.2 Å². The number of rotatable bonds is 3. The molecule has 1 fully saturated rings. The standard InChI is InChI=1S/C7H16N4O2S/c8-6(9)7(11-14(10,12)13)4-2-1-3-5-7/h11H,1-5H2,(H3,8,9)(H2,10,12,13). The van der Waals surface area contributed by atoms with Crippen molar-refractivity contribution in [2.24, 2.45) is 10.9 Å². The summed E-state index contributed by atoms with van der Waals surface area (Å²) in [4.78, 5) is 0. The van der Waals surface area contributed by atoms with Crippen LogP contribution in [0.1, 0.15) is 32.1 Å². The summed E-state index contributed by atoms with van der Waals surface area (Å²) in [5.74, 6) is -0.147. The first-order chi connectivity index (χ1) is 6.36. The van der Waals surface area contributed by atoms with Gasteiger partial charge in [-0.2, -0.15) is 13.1 Å². The summed E-state index contributed by atoms with van der Waals surface area (Å²) in [6.45, 7) is 0. The molecule has 6 N–H and O–H groups in total. The first-order valence-corrected chi connectivity index (χ1v) is 6.07. The van der Waals surface area contributed by atoms with Crippen LogP contribution in [0, 0.1) is 5.41 Å². The third-order valence-corrected chi connectivity index (χ3v) is 3.24. The van der Waals surface area contributed by atoms with E-state index in [1.807, 2.05) is 0 Å². The van der Waals surface area contributed by atoms with E-state index in [0.717, 1.165) is 19.3 Å². The van der Waals surface area contributed by atoms with Crippen LogP contribution in [0.25, 0.3) is 0 Å². The lowest BCUT2D eigenvalue weighted by Gasteiger charge is -2.35. The molecule has 1 rings (SSSR count). The van der Waals surface area contributed by atoms with Gasteiger partial charge in [-0.15, -0.1) is 0 Å². The normalized spacial score (nSPS) is 21.8. The molecule has 1 aliphatic carbocycles. The minimum Gasteiger partial charge on any atom is -0.386 e. The first-order valence-electron chi connectivity index (χ1n) is 4.52. The van der Waals surface area contributed by atoms with Crippen LogP contribution >= 0.6 is 0 Å². The predicted octanol–water partition coefficient (Wildman–Crippen LogP) is -0.582. The summed E-state index contributed by atoms with van der Waals surface area (Å²) in [6, 6.07) is 0. The van der Waals surface area contributed by atoms with E-state index in [1.165, 1.54) is 0 Å². The average Bonchev–Trinajstić information content (AvgIpc) is 2.02. The fourth-order valence-corrected chi connectivity index (χ4v) is 2.71. The summed E-state index contributed by atoms with van der Waals surface area (Å²) in [6.07, 6.45) is 3.88. The van der Waals surface area contributed by atoms with E-state index in [0.29, 0.717) is 12.8 Å². The molecule has 0 aromatic rings. The van der Waals surface area contributed by atoms with E-state index in [4.69, 9.17) is 16.3 Å². The van der Waals surface area contributed by atoms with Gasteiger partial charge in [-0.1, -0.05) is 19.3 Å². The average molecular weight is 220 g/mol. The quantitative estimate of drug-likeness (QED) is 0.376. The zero-order chi connectivity index (χ0) is 10.8. The Bertz CT molecular complexity index is 319. The highest BCUT2D eigenvalue weighted by molar-refractivity contribution is 7.87. The van der Waals surface area contributed by atoms with Crippen LogP contribution in [0.5, 0.6) is 0 Å². The van der Waals surface area contributed by atoms with E-state index in [-0.39, 0.29) is 5.84 Å². The Morgan fingerprint density at radius 2 is 1.79 bits per heavy atom. The molecule has 0 amide bonds. The smallest absolute Gasteiger partial charge is 0.275 e. The van der Waals surface area contributed by atoms with Gasteiger partial charge in [-0.05, 0) is 12.8 Å². The minimum atomic E-state index is -3.80. The molecule has 82 valence electrons. The van der Waals surface area contributed by atoms with Crippen molar-refractivity contribution in [1.29, 1.82) is 5.41 Å². The van der Waals surface area contributed by atoms with Crippen LogP contribution in [-0.4, -0.2) is 19.8 Å². The monoisotopic (exact) mass is 220 g/mol. The Hall–Kier alpha value is -0.660. The van der Waals surface area contributed by atoms with Crippen molar-refractivity contribution in [2.75, 3.05) is 0 Å². The fraction of sp³-hybridized carbons (Fsp3) is 0.857. The predicted molar refractivity (Wildman–Crippen MR) is 54.0 cm³/mol. The van der Waals surface area contributed by atoms with Gasteiger partial charge >= 0.3 is 0 Å². The Morgan fingerprint density at radius 3 is 2.14 bits per heavy atom. The van der Waals surface area contributed by atoms with Gasteiger partial charge in [-0.3, -0.25) is 5.41 Å². The molecule has 0 saturated heterocycles. The van der Waals surface area contributed by atoms with E-state index in [2.05, 4.69) is 4.72 Å². The maximum atomic E-state index is 10.9. The third-order valence-electron chi connectivity index (χ3n) is 2.56. The van der Waals surface area contributed by atoms with E-state index in [9.17, 15) is 8.42 Å². The Labute approximate surface area is 83.7 Å². The fourth-order valence-electron chi connectivity index (χ4n) is 1.85. The number of hydrogen-bond donors (Lipinski definition) is 4. The molecule has 0 aromatic heterocycles. The van der Waals surface area contributed by atoms with Crippen LogP contribution in [-0.2, 0) is 10.2 Å². The summed E-state index contributed by atoms with van der Waals surface area (Å²) < 4.78 is 24.1. The van der Waals surface area contributed by atoms with Gasteiger partial charge in [0, 0.05) is 0 Å². The number of nitrogens with one attached hydrogen (secondary N) is 2. The van der Waals surface area contributed by atoms with Gasteiger partial charge in [0.15, 0.2) is 0 Å². The second-order valence-corrected chi connectivity index (χ2v) is 5.00. The molecule has 0 atom stereocenters. The van der Waals surface area contributed by atoms with Gasteiger partial charge in [0.1, 0.15) is 5.84 Å². The zero-order valence-corrected chi connectivity index (χ0v) is 8.73. The van der Waals surface area contributed by atoms with Crippen LogP contribution in [0.2, 0.25) is 0 Å². The van der Waals surface area contributed by atoms with E-state index in [1.54, 1.807) is 0 Å². The maximum Gasteiger partial charge on any atom is 0.275 e. The molecule has 14 heavy (non-hydrogen) atoms. The second-order valence-electron chi connectivity index (χ2n) is 3.70. The molecule has 0 aromatic carbocycles. The number of hydrogen-bond acceptors (Lipinski definition) is 3. The largest absolute Gasteiger partial charge is 0.386 e. The first kappa shape index (κ1) is 11.4. The van der Waals surface area contributed by atoms with Crippen molar-refractivity contribution in [1.82, 2.24) is 4.72 Å². The topological polar surface area (TPSA) is 122 Å². The minimum absolute atomic E-state index is 0.147. The zero-order valence-electron chi connectivity index (χ0n) is 7.91. The Kier molecular flexibility index (Phi) is 3.13. The van der Waals surface area contributed by atoms with Crippen molar-refractivity contribution >= 4 is 16.0 Å². The van der Waals surface area contributed by atoms with Crippen molar-refractivity contribution in [2.45, 2.75) is 37.6 Å². The SMILES string of the molecule is N=C(N)C1(NS(N)(=O)=O)CCCCC1. The summed E-state index contributed by atoms with van der Waals surface area (Å²) in [7, 11) is -3.80. The summed E-state index contributed by atoms with van der Waals surface area (Å²) in [5.41, 5.74) is 4.47. The van der Waals surface area contributed by atoms with Crippen molar-refractivity contribution in [3.05, 3.63) is 0 Å². The molecular weight excluding hydrogens is 204 g/mol. The molecule has 6 nitrogen and oxygen atoms in total. The summed E-state index contributed by atoms with van der Waals surface area (Å²) in [5, 5.41) is 12.3. The van der Waals surface area contributed by atoms with Crippen molar-refractivity contribution < 1.29 is 8.42 Å². The highest BCUT2D eigenvalue weighted by Gasteiger charge is 2.37. The molecule has 0 heterocycles. The molecule has 1 saturated carbocycles. The van der Waals surface area contributed by atoms with Crippen molar-refractivity contribution in [3.8, 4) is 0 Å². The lowest BCUT2D eigenvalue weighted by atomic mass is 9.82. The summed E-state index contributed by atoms with van der Waals surface area (Å²) >= 11 is 0. The van der Waals surface area contributed by atoms with Crippen molar-refractivity contribution in [3.63, 3.8) is 0 Å². The van der Waals surface area contributed by atoms with Gasteiger partial charge in [0.05, 0.1) is 5.54 Å². The lowest BCUT2D eigenvalue weighted by Crippen LogP contribution is -2.59. The highest BCUT2D eigenvalue weighted by Crippen LogP contribution is 2.28. The second kappa shape index (κ2) is 3.84. The highest BCUT2D eigenvalue weighted by atomic mass is 32.2. The van der Waals surface area contributed by atoms with Crippen LogP contribution < -0.4 is 15.6 Å². The third kappa shape index (κ3) is 2.66. The molecule has 0 unspecified atom stereocenters. The number of amidine groups is 1. The van der Waals surface area contributed by atoms with Gasteiger partial charge in [-0.25, -0.2) is 5.14 Å². The lowest BCUT2D eigenvalue weighted by molar-refractivity contribution is 0.348. The molecule has 1 aliphatic rings. The molecule has 0 radical (unpaired) electrons. The molecule has 0 bridgehead atoms. The van der Waals surface area contributed by atoms with Gasteiger partial charge < -0.3 is 5.73 Å².